The molecule has 0 amide bonds. The van der Waals surface area contributed by atoms with Crippen LogP contribution in [0.3, 0.4) is 0 Å². The number of hydrogen-bond acceptors (Lipinski definition) is 2. The number of nitrogens with zero attached hydrogens (tertiary/aromatic N) is 2. The van der Waals surface area contributed by atoms with Crippen molar-refractivity contribution in [2.24, 2.45) is 7.05 Å². The summed E-state index contributed by atoms with van der Waals surface area (Å²) in [4.78, 5) is 0. The van der Waals surface area contributed by atoms with Crippen molar-refractivity contribution in [2.75, 3.05) is 0 Å². The van der Waals surface area contributed by atoms with Gasteiger partial charge in [0, 0.05) is 22.4 Å². The number of aliphatic hydroxyl groups excluding tert-OH is 1. The molecule has 3 nitrogen and oxygen atoms in total. The van der Waals surface area contributed by atoms with Crippen LogP contribution in [0.25, 0.3) is 0 Å². The molecule has 1 heterocycles. The molecule has 0 fully saturated rings. The van der Waals surface area contributed by atoms with Gasteiger partial charge < -0.3 is 5.11 Å². The van der Waals surface area contributed by atoms with Crippen molar-refractivity contribution in [3.05, 3.63) is 50.9 Å². The van der Waals surface area contributed by atoms with Crippen molar-refractivity contribution in [1.29, 1.82) is 0 Å². The Labute approximate surface area is 108 Å². The fraction of sp³-hybridized carbons (Fsp3) is 0.250. The number of benzene rings is 1. The van der Waals surface area contributed by atoms with E-state index in [1.165, 1.54) is 5.56 Å². The molecule has 0 aliphatic rings. The van der Waals surface area contributed by atoms with Crippen molar-refractivity contribution in [3.63, 3.8) is 0 Å². The van der Waals surface area contributed by atoms with Gasteiger partial charge in [-0.15, -0.1) is 0 Å². The number of halogens is 1. The molecular formula is C12H13IN2O. The molecule has 16 heavy (non-hydrogen) atoms. The van der Waals surface area contributed by atoms with Crippen LogP contribution in [0, 0.1) is 10.5 Å². The van der Waals surface area contributed by atoms with E-state index in [0.29, 0.717) is 5.69 Å². The van der Waals surface area contributed by atoms with Crippen LogP contribution >= 0.6 is 22.6 Å². The van der Waals surface area contributed by atoms with E-state index in [2.05, 4.69) is 27.7 Å². The van der Waals surface area contributed by atoms with Crippen LogP contribution in [0.4, 0.5) is 0 Å². The first-order valence-electron chi connectivity index (χ1n) is 5.02. The van der Waals surface area contributed by atoms with E-state index >= 15 is 0 Å². The van der Waals surface area contributed by atoms with E-state index in [0.717, 1.165) is 9.13 Å². The molecule has 4 heteroatoms. The Morgan fingerprint density at radius 2 is 2.12 bits per heavy atom. The Kier molecular flexibility index (Phi) is 3.30. The maximum absolute atomic E-state index is 10.2. The summed E-state index contributed by atoms with van der Waals surface area (Å²) in [5.41, 5.74) is 2.78. The van der Waals surface area contributed by atoms with Crippen molar-refractivity contribution in [1.82, 2.24) is 9.78 Å². The van der Waals surface area contributed by atoms with Gasteiger partial charge in [0.1, 0.15) is 6.10 Å². The number of rotatable bonds is 2. The molecular weight excluding hydrogens is 315 g/mol. The minimum atomic E-state index is -0.645. The summed E-state index contributed by atoms with van der Waals surface area (Å²) in [6, 6.07) is 7.77. The second-order valence-corrected chi connectivity index (χ2v) is 4.87. The molecule has 2 aromatic rings. The molecule has 1 N–H and O–H groups in total. The lowest BCUT2D eigenvalue weighted by Crippen LogP contribution is -2.04. The first-order valence-corrected chi connectivity index (χ1v) is 6.10. The first-order chi connectivity index (χ1) is 7.59. The lowest BCUT2D eigenvalue weighted by Gasteiger charge is -2.12. The van der Waals surface area contributed by atoms with Gasteiger partial charge in [-0.25, -0.2) is 0 Å². The van der Waals surface area contributed by atoms with Crippen molar-refractivity contribution in [3.8, 4) is 0 Å². The van der Waals surface area contributed by atoms with Gasteiger partial charge in [0.25, 0.3) is 0 Å². The fourth-order valence-electron chi connectivity index (χ4n) is 1.62. The minimum absolute atomic E-state index is 0.645. The molecule has 2 rings (SSSR count). The third kappa shape index (κ3) is 2.12. The topological polar surface area (TPSA) is 38.0 Å². The van der Waals surface area contributed by atoms with E-state index in [-0.39, 0.29) is 0 Å². The Morgan fingerprint density at radius 1 is 1.38 bits per heavy atom. The summed E-state index contributed by atoms with van der Waals surface area (Å²) in [6.07, 6.45) is 1.19. The lowest BCUT2D eigenvalue weighted by atomic mass is 10.0. The summed E-state index contributed by atoms with van der Waals surface area (Å²) in [7, 11) is 1.84. The smallest absolute Gasteiger partial charge is 0.124 e. The number of aryl methyl sites for hydroxylation is 2. The van der Waals surface area contributed by atoms with E-state index < -0.39 is 6.10 Å². The molecule has 1 aromatic carbocycles. The number of aromatic nitrogens is 2. The van der Waals surface area contributed by atoms with Crippen molar-refractivity contribution in [2.45, 2.75) is 13.0 Å². The van der Waals surface area contributed by atoms with Gasteiger partial charge in [0.15, 0.2) is 0 Å². The number of hydrogen-bond donors (Lipinski definition) is 1. The van der Waals surface area contributed by atoms with Gasteiger partial charge in [-0.3, -0.25) is 4.68 Å². The maximum atomic E-state index is 10.2. The Morgan fingerprint density at radius 3 is 2.75 bits per heavy atom. The molecule has 1 aromatic heterocycles. The number of aliphatic hydroxyl groups is 1. The molecule has 1 unspecified atom stereocenters. The Hall–Kier alpha value is -0.880. The lowest BCUT2D eigenvalue weighted by molar-refractivity contribution is 0.213. The molecule has 84 valence electrons. The van der Waals surface area contributed by atoms with Crippen LogP contribution in [-0.4, -0.2) is 14.9 Å². The van der Waals surface area contributed by atoms with Gasteiger partial charge in [-0.05, 0) is 41.1 Å². The second-order valence-electron chi connectivity index (χ2n) is 3.79. The SMILES string of the molecule is Cc1cccc(C(O)c2ccn(C)n2)c1I. The van der Waals surface area contributed by atoms with Crippen LogP contribution < -0.4 is 0 Å². The molecule has 0 bridgehead atoms. The fourth-order valence-corrected chi connectivity index (χ4v) is 2.27. The first kappa shape index (κ1) is 11.6. The molecule has 0 aliphatic heterocycles. The van der Waals surface area contributed by atoms with Crippen LogP contribution in [0.1, 0.15) is 22.9 Å². The highest BCUT2D eigenvalue weighted by Gasteiger charge is 2.16. The molecule has 0 saturated carbocycles. The third-order valence-electron chi connectivity index (χ3n) is 2.53. The summed E-state index contributed by atoms with van der Waals surface area (Å²) in [5.74, 6) is 0. The van der Waals surface area contributed by atoms with E-state index in [4.69, 9.17) is 0 Å². The van der Waals surface area contributed by atoms with Gasteiger partial charge >= 0.3 is 0 Å². The monoisotopic (exact) mass is 328 g/mol. The van der Waals surface area contributed by atoms with Crippen LogP contribution in [0.5, 0.6) is 0 Å². The standard InChI is InChI=1S/C12H13IN2O/c1-8-4-3-5-9(11(8)13)12(16)10-6-7-15(2)14-10/h3-7,12,16H,1-2H3. The van der Waals surface area contributed by atoms with Crippen LogP contribution in [0.2, 0.25) is 0 Å². The average Bonchev–Trinajstić information content (AvgIpc) is 2.68. The highest BCUT2D eigenvalue weighted by molar-refractivity contribution is 14.1. The highest BCUT2D eigenvalue weighted by Crippen LogP contribution is 2.26. The van der Waals surface area contributed by atoms with Gasteiger partial charge in [0.2, 0.25) is 0 Å². The Balaban J connectivity index is 2.41. The summed E-state index contributed by atoms with van der Waals surface area (Å²) in [5, 5.41) is 14.5. The summed E-state index contributed by atoms with van der Waals surface area (Å²) >= 11 is 2.26. The zero-order chi connectivity index (χ0) is 11.7. The Bertz CT molecular complexity index is 507. The van der Waals surface area contributed by atoms with Gasteiger partial charge in [-0.1, -0.05) is 18.2 Å². The normalized spacial score (nSPS) is 12.8. The maximum Gasteiger partial charge on any atom is 0.124 e. The van der Waals surface area contributed by atoms with Crippen LogP contribution in [-0.2, 0) is 7.05 Å². The van der Waals surface area contributed by atoms with Gasteiger partial charge in [0.05, 0.1) is 5.69 Å². The predicted octanol–water partition coefficient (Wildman–Crippen LogP) is 2.41. The zero-order valence-electron chi connectivity index (χ0n) is 9.18. The second kappa shape index (κ2) is 4.55. The molecule has 0 radical (unpaired) electrons. The highest BCUT2D eigenvalue weighted by atomic mass is 127. The summed E-state index contributed by atoms with van der Waals surface area (Å²) < 4.78 is 2.79. The molecule has 0 aliphatic carbocycles. The zero-order valence-corrected chi connectivity index (χ0v) is 11.3. The molecule has 0 spiro atoms. The molecule has 0 saturated heterocycles. The average molecular weight is 328 g/mol. The quantitative estimate of drug-likeness (QED) is 0.860. The predicted molar refractivity (Wildman–Crippen MR) is 71.2 cm³/mol. The minimum Gasteiger partial charge on any atom is -0.382 e. The van der Waals surface area contributed by atoms with Crippen LogP contribution in [0.15, 0.2) is 30.5 Å². The summed E-state index contributed by atoms with van der Waals surface area (Å²) in [6.45, 7) is 2.04. The molecule has 1 atom stereocenters. The third-order valence-corrected chi connectivity index (χ3v) is 4.00. The van der Waals surface area contributed by atoms with Crippen molar-refractivity contribution >= 4 is 22.6 Å². The van der Waals surface area contributed by atoms with E-state index in [1.54, 1.807) is 4.68 Å². The van der Waals surface area contributed by atoms with Crippen molar-refractivity contribution < 1.29 is 5.11 Å². The van der Waals surface area contributed by atoms with Gasteiger partial charge in [-0.2, -0.15) is 5.10 Å². The van der Waals surface area contributed by atoms with E-state index in [9.17, 15) is 5.11 Å². The van der Waals surface area contributed by atoms with E-state index in [1.807, 2.05) is 44.4 Å². The largest absolute Gasteiger partial charge is 0.382 e.